The average molecular weight is 346 g/mol. The summed E-state index contributed by atoms with van der Waals surface area (Å²) in [6, 6.07) is 33.3. The van der Waals surface area contributed by atoms with Crippen molar-refractivity contribution < 1.29 is 0 Å². The fourth-order valence-electron chi connectivity index (χ4n) is 3.01. The topological polar surface area (TPSA) is 23.8 Å². The Morgan fingerprint density at radius 3 is 1.29 bits per heavy atom. The summed E-state index contributed by atoms with van der Waals surface area (Å²) in [5.74, 6) is 0. The van der Waals surface area contributed by atoms with Crippen molar-refractivity contribution >= 4 is 35.8 Å². The largest absolute Gasteiger partial charge is 0.191 e. The second-order valence-corrected chi connectivity index (χ2v) is 8.93. The monoisotopic (exact) mass is 346 g/mol. The van der Waals surface area contributed by atoms with Gasteiger partial charge in [0.1, 0.15) is 22.0 Å². The number of rotatable bonds is 4. The lowest BCUT2D eigenvalue weighted by molar-refractivity contribution is 1.52. The maximum atomic E-state index is 9.91. The van der Waals surface area contributed by atoms with Gasteiger partial charge in [-0.05, 0) is 36.4 Å². The van der Waals surface area contributed by atoms with E-state index < -0.39 is 7.26 Å². The molecule has 3 rings (SSSR count). The van der Waals surface area contributed by atoms with Crippen molar-refractivity contribution in [2.75, 3.05) is 0 Å². The molecule has 0 aliphatic heterocycles. The number of allylic oxidation sites excluding steroid dienone is 1. The van der Waals surface area contributed by atoms with Gasteiger partial charge in [-0.1, -0.05) is 54.6 Å². The summed E-state index contributed by atoms with van der Waals surface area (Å²) in [5.41, 5.74) is 0. The van der Waals surface area contributed by atoms with E-state index in [1.54, 1.807) is 5.41 Å². The molecule has 0 heterocycles. The lowest BCUT2D eigenvalue weighted by atomic mass is 10.4. The maximum Gasteiger partial charge on any atom is 0.191 e. The van der Waals surface area contributed by atoms with Crippen LogP contribution in [0.4, 0.5) is 0 Å². The number of nitrogens with zero attached hydrogens (tertiary/aromatic N) is 1. The van der Waals surface area contributed by atoms with Gasteiger partial charge < -0.3 is 0 Å². The second-order valence-electron chi connectivity index (χ2n) is 5.30. The molecule has 0 N–H and O–H groups in total. The van der Waals surface area contributed by atoms with Crippen LogP contribution in [0.2, 0.25) is 0 Å². The number of nitriles is 1. The Morgan fingerprint density at radius 1 is 0.708 bits per heavy atom. The third-order valence-electron chi connectivity index (χ3n) is 4.03. The van der Waals surface area contributed by atoms with E-state index in [1.165, 1.54) is 0 Å². The highest BCUT2D eigenvalue weighted by Gasteiger charge is 2.49. The number of hydrogen-bond acceptors (Lipinski definition) is 2. The first-order valence-electron chi connectivity index (χ1n) is 7.65. The highest BCUT2D eigenvalue weighted by atomic mass is 32.1. The molecule has 116 valence electrons. The summed E-state index contributed by atoms with van der Waals surface area (Å²) in [4.78, 5) is 0. The Bertz CT molecular complexity index is 771. The van der Waals surface area contributed by atoms with Crippen LogP contribution in [0.15, 0.2) is 102 Å². The molecule has 3 aromatic rings. The van der Waals surface area contributed by atoms with Crippen LogP contribution in [-0.2, 0) is 0 Å². The van der Waals surface area contributed by atoms with E-state index >= 15 is 0 Å². The average Bonchev–Trinajstić information content (AvgIpc) is 2.68. The molecule has 0 saturated carbocycles. The van der Waals surface area contributed by atoms with Crippen molar-refractivity contribution in [3.63, 3.8) is 0 Å². The van der Waals surface area contributed by atoms with Crippen LogP contribution in [0.5, 0.6) is 0 Å². The van der Waals surface area contributed by atoms with Gasteiger partial charge in [0, 0.05) is 5.41 Å². The van der Waals surface area contributed by atoms with E-state index in [0.717, 1.165) is 15.9 Å². The molecular formula is C21H17NPS+. The summed E-state index contributed by atoms with van der Waals surface area (Å²) in [5, 5.41) is 15.7. The molecule has 0 unspecified atom stereocenters. The summed E-state index contributed by atoms with van der Waals surface area (Å²) in [6.45, 7) is 0. The van der Waals surface area contributed by atoms with Gasteiger partial charge in [-0.15, -0.1) is 12.6 Å². The zero-order chi connectivity index (χ0) is 16.8. The molecule has 0 spiro atoms. The third kappa shape index (κ3) is 2.78. The molecule has 0 aromatic heterocycles. The number of hydrogen-bond donors (Lipinski definition) is 1. The zero-order valence-electron chi connectivity index (χ0n) is 13.1. The van der Waals surface area contributed by atoms with Crippen molar-refractivity contribution in [3.05, 3.63) is 102 Å². The molecule has 0 bridgehead atoms. The first-order valence-corrected chi connectivity index (χ1v) is 9.95. The smallest absolute Gasteiger partial charge is 0.189 e. The first kappa shape index (κ1) is 16.5. The second kappa shape index (κ2) is 7.49. The Labute approximate surface area is 149 Å². The molecular weight excluding hydrogens is 329 g/mol. The molecule has 0 aliphatic rings. The van der Waals surface area contributed by atoms with E-state index in [4.69, 9.17) is 0 Å². The summed E-state index contributed by atoms with van der Waals surface area (Å²) in [6.07, 6.45) is 0. The highest BCUT2D eigenvalue weighted by Crippen LogP contribution is 2.62. The number of thiol groups is 1. The van der Waals surface area contributed by atoms with Gasteiger partial charge in [-0.25, -0.2) is 0 Å². The van der Waals surface area contributed by atoms with E-state index in [2.05, 4.69) is 55.1 Å². The highest BCUT2D eigenvalue weighted by molar-refractivity contribution is 8.00. The molecule has 0 radical (unpaired) electrons. The van der Waals surface area contributed by atoms with Crippen LogP contribution in [0.3, 0.4) is 0 Å². The normalized spacial score (nSPS) is 11.8. The lowest BCUT2D eigenvalue weighted by Gasteiger charge is -2.26. The molecule has 1 nitrogen and oxygen atoms in total. The van der Waals surface area contributed by atoms with Crippen molar-refractivity contribution in [3.8, 4) is 6.07 Å². The van der Waals surface area contributed by atoms with E-state index in [0.29, 0.717) is 5.31 Å². The van der Waals surface area contributed by atoms with Crippen LogP contribution < -0.4 is 15.9 Å². The molecule has 0 fully saturated rings. The minimum atomic E-state index is -2.24. The minimum Gasteiger partial charge on any atom is -0.189 e. The molecule has 0 aliphatic carbocycles. The minimum absolute atomic E-state index is 0.703. The van der Waals surface area contributed by atoms with Gasteiger partial charge in [0.25, 0.3) is 0 Å². The van der Waals surface area contributed by atoms with Gasteiger partial charge in [-0.2, -0.15) is 5.26 Å². The summed E-state index contributed by atoms with van der Waals surface area (Å²) in [7, 11) is -2.24. The van der Waals surface area contributed by atoms with Crippen molar-refractivity contribution in [1.29, 1.82) is 5.26 Å². The quantitative estimate of drug-likeness (QED) is 0.426. The van der Waals surface area contributed by atoms with E-state index in [-0.39, 0.29) is 0 Å². The van der Waals surface area contributed by atoms with Gasteiger partial charge in [0.15, 0.2) is 12.6 Å². The summed E-state index contributed by atoms with van der Waals surface area (Å²) < 4.78 is 0. The zero-order valence-corrected chi connectivity index (χ0v) is 14.9. The molecule has 0 saturated heterocycles. The van der Waals surface area contributed by atoms with E-state index in [1.807, 2.05) is 54.6 Å². The van der Waals surface area contributed by atoms with Crippen LogP contribution in [0, 0.1) is 11.3 Å². The van der Waals surface area contributed by atoms with Crippen molar-refractivity contribution in [2.45, 2.75) is 0 Å². The molecule has 24 heavy (non-hydrogen) atoms. The van der Waals surface area contributed by atoms with Gasteiger partial charge in [-0.3, -0.25) is 0 Å². The molecule has 3 aromatic carbocycles. The molecule has 0 atom stereocenters. The maximum absolute atomic E-state index is 9.91. The van der Waals surface area contributed by atoms with Crippen LogP contribution >= 0.6 is 19.9 Å². The Kier molecular flexibility index (Phi) is 5.16. The summed E-state index contributed by atoms with van der Waals surface area (Å²) >= 11 is 4.38. The Hall–Kier alpha value is -2.33. The predicted octanol–water partition coefficient (Wildman–Crippen LogP) is 4.28. The van der Waals surface area contributed by atoms with Crippen molar-refractivity contribution in [2.24, 2.45) is 0 Å². The van der Waals surface area contributed by atoms with Gasteiger partial charge >= 0.3 is 0 Å². The van der Waals surface area contributed by atoms with Crippen molar-refractivity contribution in [1.82, 2.24) is 0 Å². The third-order valence-corrected chi connectivity index (χ3v) is 8.66. The predicted molar refractivity (Wildman–Crippen MR) is 108 cm³/mol. The Balaban J connectivity index is 2.45. The van der Waals surface area contributed by atoms with Crippen LogP contribution in [0.1, 0.15) is 0 Å². The lowest BCUT2D eigenvalue weighted by Crippen LogP contribution is -2.32. The Morgan fingerprint density at radius 2 is 1.04 bits per heavy atom. The number of benzene rings is 3. The fraction of sp³-hybridized carbons (Fsp3) is 0. The van der Waals surface area contributed by atoms with E-state index in [9.17, 15) is 5.26 Å². The molecule has 0 amide bonds. The van der Waals surface area contributed by atoms with Gasteiger partial charge in [0.05, 0.1) is 0 Å². The van der Waals surface area contributed by atoms with Crippen LogP contribution in [0.25, 0.3) is 0 Å². The first-order chi connectivity index (χ1) is 11.8. The standard InChI is InChI=1S/C21H16NPS/c22-16-21(17-24)23(18-10-4-1-5-11-18,19-12-6-2-7-13-19)20-14-8-3-9-15-20/h1-15,17H/p+1. The molecule has 3 heteroatoms. The SMILES string of the molecule is N#CC(=CS)[P+](c1ccccc1)(c1ccccc1)c1ccccc1. The van der Waals surface area contributed by atoms with Gasteiger partial charge in [0.2, 0.25) is 0 Å². The van der Waals surface area contributed by atoms with Crippen LogP contribution in [-0.4, -0.2) is 0 Å². The fourth-order valence-corrected chi connectivity index (χ4v) is 7.50.